The maximum atomic E-state index is 10.4. The minimum Gasteiger partial charge on any atom is -0.478 e. The fourth-order valence-electron chi connectivity index (χ4n) is 1.82. The molecule has 0 unspecified atom stereocenters. The Kier molecular flexibility index (Phi) is 2.66. The van der Waals surface area contributed by atoms with E-state index in [4.69, 9.17) is 5.11 Å². The van der Waals surface area contributed by atoms with Gasteiger partial charge in [0.25, 0.3) is 0 Å². The smallest absolute Gasteiger partial charge is 0.328 e. The van der Waals surface area contributed by atoms with Gasteiger partial charge in [0.1, 0.15) is 5.82 Å². The molecule has 0 spiro atoms. The molecule has 17 heavy (non-hydrogen) atoms. The maximum Gasteiger partial charge on any atom is 0.328 e. The van der Waals surface area contributed by atoms with Crippen molar-refractivity contribution in [3.05, 3.63) is 17.3 Å². The molecule has 2 aliphatic rings. The van der Waals surface area contributed by atoms with Crippen molar-refractivity contribution < 1.29 is 9.90 Å². The normalized spacial score (nSPS) is 20.0. The lowest BCUT2D eigenvalue weighted by Crippen LogP contribution is -2.01. The molecule has 1 aromatic heterocycles. The molecule has 90 valence electrons. The zero-order valence-corrected chi connectivity index (χ0v) is 10.1. The Morgan fingerprint density at radius 2 is 2.12 bits per heavy atom. The summed E-state index contributed by atoms with van der Waals surface area (Å²) in [5, 5.41) is 19.3. The number of carbonyl (C=O) groups is 1. The van der Waals surface area contributed by atoms with Crippen LogP contribution in [0, 0.1) is 0 Å². The van der Waals surface area contributed by atoms with Crippen molar-refractivity contribution in [1.29, 1.82) is 0 Å². The van der Waals surface area contributed by atoms with E-state index >= 15 is 0 Å². The first-order valence-corrected chi connectivity index (χ1v) is 6.64. The molecule has 1 N–H and O–H groups in total. The van der Waals surface area contributed by atoms with E-state index in [9.17, 15) is 4.79 Å². The highest BCUT2D eigenvalue weighted by molar-refractivity contribution is 8.02. The first kappa shape index (κ1) is 10.8. The third-order valence-electron chi connectivity index (χ3n) is 2.93. The Hall–Kier alpha value is -1.30. The Morgan fingerprint density at radius 1 is 1.35 bits per heavy atom. The standard InChI is InChI=1S/C11H13N3O2S/c15-9(16)5-6-17-11-13-12-10(7-1-2-7)14(11)8-3-4-8/h5-8H,1-4H2,(H,15,16). The molecular formula is C11H13N3O2S. The van der Waals surface area contributed by atoms with Crippen LogP contribution < -0.4 is 0 Å². The van der Waals surface area contributed by atoms with Crippen molar-refractivity contribution in [3.8, 4) is 0 Å². The zero-order valence-electron chi connectivity index (χ0n) is 9.24. The van der Waals surface area contributed by atoms with Crippen LogP contribution in [-0.4, -0.2) is 25.8 Å². The lowest BCUT2D eigenvalue weighted by molar-refractivity contribution is -0.131. The number of hydrogen-bond donors (Lipinski definition) is 1. The molecule has 0 aromatic carbocycles. The van der Waals surface area contributed by atoms with Gasteiger partial charge < -0.3 is 9.67 Å². The molecule has 2 aliphatic carbocycles. The van der Waals surface area contributed by atoms with Crippen LogP contribution in [0.15, 0.2) is 16.6 Å². The molecule has 0 bridgehead atoms. The molecule has 0 saturated heterocycles. The number of hydrogen-bond acceptors (Lipinski definition) is 4. The van der Waals surface area contributed by atoms with Crippen molar-refractivity contribution in [1.82, 2.24) is 14.8 Å². The summed E-state index contributed by atoms with van der Waals surface area (Å²) in [6.07, 6.45) is 5.93. The summed E-state index contributed by atoms with van der Waals surface area (Å²) in [5.41, 5.74) is 0. The van der Waals surface area contributed by atoms with Gasteiger partial charge in [0.05, 0.1) is 0 Å². The maximum absolute atomic E-state index is 10.4. The minimum absolute atomic E-state index is 0.543. The van der Waals surface area contributed by atoms with Gasteiger partial charge in [-0.15, -0.1) is 10.2 Å². The second kappa shape index (κ2) is 4.18. The number of thioether (sulfide) groups is 1. The molecule has 3 rings (SSSR count). The number of nitrogens with zero attached hydrogens (tertiary/aromatic N) is 3. The highest BCUT2D eigenvalue weighted by atomic mass is 32.2. The predicted octanol–water partition coefficient (Wildman–Crippen LogP) is 2.18. The third-order valence-corrected chi connectivity index (χ3v) is 3.69. The fourth-order valence-corrected chi connectivity index (χ4v) is 2.57. The summed E-state index contributed by atoms with van der Waals surface area (Å²) in [4.78, 5) is 10.4. The Morgan fingerprint density at radius 3 is 2.71 bits per heavy atom. The van der Waals surface area contributed by atoms with Crippen molar-refractivity contribution >= 4 is 17.7 Å². The van der Waals surface area contributed by atoms with Gasteiger partial charge in [-0.1, -0.05) is 11.8 Å². The van der Waals surface area contributed by atoms with Gasteiger partial charge in [-0.25, -0.2) is 4.79 Å². The molecular weight excluding hydrogens is 238 g/mol. The number of rotatable bonds is 5. The molecule has 0 amide bonds. The van der Waals surface area contributed by atoms with Crippen LogP contribution in [0.2, 0.25) is 0 Å². The van der Waals surface area contributed by atoms with Gasteiger partial charge in [-0.05, 0) is 31.1 Å². The number of aliphatic carboxylic acids is 1. The molecule has 1 heterocycles. The van der Waals surface area contributed by atoms with E-state index < -0.39 is 5.97 Å². The number of carboxylic acids is 1. The van der Waals surface area contributed by atoms with Gasteiger partial charge in [0.2, 0.25) is 0 Å². The van der Waals surface area contributed by atoms with Crippen molar-refractivity contribution in [2.75, 3.05) is 0 Å². The van der Waals surface area contributed by atoms with Gasteiger partial charge in [-0.2, -0.15) is 0 Å². The Balaban J connectivity index is 1.80. The average molecular weight is 251 g/mol. The van der Waals surface area contributed by atoms with Gasteiger partial charge >= 0.3 is 5.97 Å². The summed E-state index contributed by atoms with van der Waals surface area (Å²) in [6, 6.07) is 0.543. The van der Waals surface area contributed by atoms with Crippen molar-refractivity contribution in [3.63, 3.8) is 0 Å². The lowest BCUT2D eigenvalue weighted by Gasteiger charge is -2.05. The summed E-state index contributed by atoms with van der Waals surface area (Å²) in [5.74, 6) is 0.747. The highest BCUT2D eigenvalue weighted by Gasteiger charge is 2.36. The molecule has 1 aromatic rings. The topological polar surface area (TPSA) is 68.0 Å². The van der Waals surface area contributed by atoms with E-state index in [0.717, 1.165) is 17.1 Å². The van der Waals surface area contributed by atoms with E-state index in [1.54, 1.807) is 5.41 Å². The van der Waals surface area contributed by atoms with Crippen LogP contribution >= 0.6 is 11.8 Å². The van der Waals surface area contributed by atoms with Gasteiger partial charge in [-0.3, -0.25) is 0 Å². The van der Waals surface area contributed by atoms with Crippen LogP contribution in [0.5, 0.6) is 0 Å². The van der Waals surface area contributed by atoms with E-state index in [1.807, 2.05) is 0 Å². The minimum atomic E-state index is -0.933. The fraction of sp³-hybridized carbons (Fsp3) is 0.545. The first-order valence-electron chi connectivity index (χ1n) is 5.76. The van der Waals surface area contributed by atoms with Gasteiger partial charge in [0, 0.05) is 18.0 Å². The average Bonchev–Trinajstić information content (AvgIpc) is 3.18. The monoisotopic (exact) mass is 251 g/mol. The largest absolute Gasteiger partial charge is 0.478 e. The van der Waals surface area contributed by atoms with Crippen LogP contribution in [0.1, 0.15) is 43.5 Å². The molecule has 0 radical (unpaired) electrons. The molecule has 2 fully saturated rings. The summed E-state index contributed by atoms with van der Waals surface area (Å²) >= 11 is 1.34. The summed E-state index contributed by atoms with van der Waals surface area (Å²) in [6.45, 7) is 0. The predicted molar refractivity (Wildman–Crippen MR) is 62.9 cm³/mol. The van der Waals surface area contributed by atoms with Crippen LogP contribution in [0.25, 0.3) is 0 Å². The molecule has 0 atom stereocenters. The summed E-state index contributed by atoms with van der Waals surface area (Å²) in [7, 11) is 0. The van der Waals surface area contributed by atoms with Crippen LogP contribution in [-0.2, 0) is 4.79 Å². The van der Waals surface area contributed by atoms with Crippen molar-refractivity contribution in [2.45, 2.75) is 42.8 Å². The SMILES string of the molecule is O=C(O)C=CSc1nnc(C2CC2)n1C1CC1. The molecule has 0 aliphatic heterocycles. The Labute approximate surface area is 103 Å². The highest BCUT2D eigenvalue weighted by Crippen LogP contribution is 2.46. The van der Waals surface area contributed by atoms with Gasteiger partial charge in [0.15, 0.2) is 5.16 Å². The van der Waals surface area contributed by atoms with E-state index in [0.29, 0.717) is 12.0 Å². The molecule has 2 saturated carbocycles. The Bertz CT molecular complexity index is 475. The third kappa shape index (κ3) is 2.36. The second-order valence-corrected chi connectivity index (χ2v) is 5.35. The number of aromatic nitrogens is 3. The molecule has 5 nitrogen and oxygen atoms in total. The lowest BCUT2D eigenvalue weighted by atomic mass is 10.4. The summed E-state index contributed by atoms with van der Waals surface area (Å²) < 4.78 is 2.20. The van der Waals surface area contributed by atoms with E-state index in [2.05, 4.69) is 14.8 Å². The molecule has 6 heteroatoms. The van der Waals surface area contributed by atoms with Crippen molar-refractivity contribution in [2.24, 2.45) is 0 Å². The zero-order chi connectivity index (χ0) is 11.8. The first-order chi connectivity index (χ1) is 8.25. The van der Waals surface area contributed by atoms with E-state index in [-0.39, 0.29) is 0 Å². The van der Waals surface area contributed by atoms with Crippen LogP contribution in [0.4, 0.5) is 0 Å². The van der Waals surface area contributed by atoms with E-state index in [1.165, 1.54) is 37.4 Å². The quantitative estimate of drug-likeness (QED) is 0.641. The second-order valence-electron chi connectivity index (χ2n) is 4.48. The van der Waals surface area contributed by atoms with Crippen LogP contribution in [0.3, 0.4) is 0 Å². The number of carboxylic acid groups (broad SMARTS) is 1.